The summed E-state index contributed by atoms with van der Waals surface area (Å²) >= 11 is 1.45. The number of hydrogen-bond acceptors (Lipinski definition) is 16. The van der Waals surface area contributed by atoms with E-state index in [-0.39, 0.29) is 48.2 Å². The number of aromatic hydroxyl groups is 1. The number of nitrogens with zero attached hydrogens (tertiary/aromatic N) is 3. The Bertz CT molecular complexity index is 3140. The van der Waals surface area contributed by atoms with Crippen LogP contribution in [0.2, 0.25) is 0 Å². The van der Waals surface area contributed by atoms with Crippen LogP contribution in [0.4, 0.5) is 0 Å². The van der Waals surface area contributed by atoms with E-state index in [0.717, 1.165) is 27.8 Å². The summed E-state index contributed by atoms with van der Waals surface area (Å²) in [6, 6.07) is 23.7. The van der Waals surface area contributed by atoms with Crippen molar-refractivity contribution in [1.29, 1.82) is 5.26 Å². The average molecular weight is 989 g/mol. The van der Waals surface area contributed by atoms with Gasteiger partial charge in [-0.3, -0.25) is 15.1 Å². The van der Waals surface area contributed by atoms with Gasteiger partial charge in [0.2, 0.25) is 6.79 Å². The van der Waals surface area contributed by atoms with E-state index in [2.05, 4.69) is 27.3 Å². The maximum atomic E-state index is 15.2. The number of fused-ring (bicyclic) bond motifs is 9. The highest BCUT2D eigenvalue weighted by Crippen LogP contribution is 2.65. The molecule has 15 nitrogen and oxygen atoms in total. The molecule has 0 aromatic heterocycles. The zero-order chi connectivity index (χ0) is 50.0. The van der Waals surface area contributed by atoms with Crippen molar-refractivity contribution in [3.63, 3.8) is 0 Å². The molecule has 1 spiro atoms. The monoisotopic (exact) mass is 988 g/mol. The molecule has 2 N–H and O–H groups in total. The maximum Gasteiger partial charge on any atom is 0.336 e. The Morgan fingerprint density at radius 2 is 1.54 bits per heavy atom. The first-order valence-corrected chi connectivity index (χ1v) is 24.9. The predicted octanol–water partition coefficient (Wildman–Crippen LogP) is 7.59. The number of hydrogen-bond donors (Lipinski definition) is 2. The number of methoxy groups -OCH3 is 2. The number of nitrogens with one attached hydrogen (secondary N) is 1. The second-order valence-electron chi connectivity index (χ2n) is 18.8. The van der Waals surface area contributed by atoms with Crippen molar-refractivity contribution in [3.05, 3.63) is 147 Å². The molecule has 5 aromatic carbocycles. The van der Waals surface area contributed by atoms with Gasteiger partial charge in [0.1, 0.15) is 18.4 Å². The summed E-state index contributed by atoms with van der Waals surface area (Å²) in [5.41, 5.74) is 5.65. The minimum absolute atomic E-state index is 0.0480. The Hall–Kier alpha value is -7.29. The molecule has 0 radical (unpaired) electrons. The Morgan fingerprint density at radius 3 is 2.21 bits per heavy atom. The summed E-state index contributed by atoms with van der Waals surface area (Å²) in [6.07, 6.45) is 7.10. The molecule has 72 heavy (non-hydrogen) atoms. The summed E-state index contributed by atoms with van der Waals surface area (Å²) in [5, 5.41) is 25.3. The topological polar surface area (TPSA) is 178 Å². The summed E-state index contributed by atoms with van der Waals surface area (Å²) in [4.78, 5) is 47.8. The van der Waals surface area contributed by atoms with Gasteiger partial charge in [-0.15, -0.1) is 11.8 Å². The fraction of sp³-hybridized carbons (Fsp3) is 0.321. The lowest BCUT2D eigenvalue weighted by Gasteiger charge is -2.62. The molecule has 7 aliphatic heterocycles. The predicted molar refractivity (Wildman–Crippen MR) is 267 cm³/mol. The van der Waals surface area contributed by atoms with Crippen LogP contribution in [-0.4, -0.2) is 97.9 Å². The molecule has 0 amide bonds. The van der Waals surface area contributed by atoms with Crippen LogP contribution in [0.25, 0.3) is 12.2 Å². The zero-order valence-corrected chi connectivity index (χ0v) is 41.1. The molecule has 368 valence electrons. The van der Waals surface area contributed by atoms with E-state index in [1.807, 2.05) is 81.6 Å². The lowest BCUT2D eigenvalue weighted by atomic mass is 9.71. The van der Waals surface area contributed by atoms with Gasteiger partial charge in [-0.25, -0.2) is 14.4 Å². The number of phenolic OH excluding ortho intramolecular Hbond substituents is 1. The van der Waals surface area contributed by atoms with Crippen molar-refractivity contribution < 1.29 is 52.6 Å². The number of phenols is 1. The van der Waals surface area contributed by atoms with Gasteiger partial charge >= 0.3 is 17.9 Å². The Balaban J connectivity index is 1.14. The molecule has 4 bridgehead atoms. The van der Waals surface area contributed by atoms with Gasteiger partial charge < -0.3 is 38.3 Å². The smallest absolute Gasteiger partial charge is 0.336 e. The van der Waals surface area contributed by atoms with E-state index in [1.54, 1.807) is 31.4 Å². The first kappa shape index (κ1) is 47.1. The average Bonchev–Trinajstić information content (AvgIpc) is 3.88. The number of benzene rings is 5. The van der Waals surface area contributed by atoms with Gasteiger partial charge in [0.05, 0.1) is 37.6 Å². The molecular weight excluding hydrogens is 937 g/mol. The third-order valence-corrected chi connectivity index (χ3v) is 16.5. The fourth-order valence-electron chi connectivity index (χ4n) is 11.8. The highest BCUT2D eigenvalue weighted by atomic mass is 32.2. The fourth-order valence-corrected chi connectivity index (χ4v) is 13.5. The van der Waals surface area contributed by atoms with Crippen LogP contribution in [0.15, 0.2) is 91.0 Å². The maximum absolute atomic E-state index is 15.2. The Kier molecular flexibility index (Phi) is 12.2. The summed E-state index contributed by atoms with van der Waals surface area (Å²) < 4.78 is 43.9. The quantitative estimate of drug-likeness (QED) is 0.0882. The van der Waals surface area contributed by atoms with Gasteiger partial charge in [-0.2, -0.15) is 5.26 Å². The van der Waals surface area contributed by atoms with Crippen molar-refractivity contribution >= 4 is 41.8 Å². The standard InChI is InChI=1S/C56H52N4O11S/c1-30-22-35-23-37-38(26-57)60-39-27-67-55(64)56(36-25-41(65-4)40(61)24-34(36)20-21-58-56)28-72-54(46-45(39)52-51(68-29-69-52)31(2)50(46)70-42(62)18-16-32-12-8-6-9-13-32)48(60)47(59(37)3)44(35)53(49(30)66-5)71-43(63)19-17-33-14-10-7-11-15-33/h6-19,22,24-25,37-39,47-48,54,58,61H,20-21,23,27-29H2,1-5H3/t37-,38-,39-,47+,48?,54+,56+/m0/s1. The van der Waals surface area contributed by atoms with Crippen LogP contribution in [0.5, 0.6) is 40.2 Å². The molecule has 16 heteroatoms. The van der Waals surface area contributed by atoms with Gasteiger partial charge in [-0.05, 0) is 91.4 Å². The zero-order valence-electron chi connectivity index (χ0n) is 40.3. The highest BCUT2D eigenvalue weighted by molar-refractivity contribution is 7.99. The van der Waals surface area contributed by atoms with Crippen LogP contribution in [-0.2, 0) is 37.5 Å². The second-order valence-corrected chi connectivity index (χ2v) is 19.9. The van der Waals surface area contributed by atoms with Gasteiger partial charge in [0.15, 0.2) is 40.0 Å². The number of thioether (sulfide) groups is 1. The number of aryl methyl sites for hydroxylation is 1. The minimum atomic E-state index is -1.45. The van der Waals surface area contributed by atoms with Crippen molar-refractivity contribution in [3.8, 4) is 46.3 Å². The molecular formula is C56H52N4O11S. The van der Waals surface area contributed by atoms with E-state index in [0.29, 0.717) is 64.5 Å². The normalized spacial score (nSPS) is 24.9. The van der Waals surface area contributed by atoms with Crippen LogP contribution in [0.1, 0.15) is 73.0 Å². The van der Waals surface area contributed by atoms with Gasteiger partial charge in [0, 0.05) is 58.8 Å². The van der Waals surface area contributed by atoms with E-state index in [1.165, 1.54) is 31.0 Å². The summed E-state index contributed by atoms with van der Waals surface area (Å²) in [5.74, 6) is 0.163. The lowest BCUT2D eigenvalue weighted by molar-refractivity contribution is -0.157. The molecule has 0 saturated carbocycles. The molecule has 5 aromatic rings. The van der Waals surface area contributed by atoms with Crippen molar-refractivity contribution in [2.24, 2.45) is 0 Å². The second kappa shape index (κ2) is 18.7. The molecule has 12 rings (SSSR count). The molecule has 0 aliphatic carbocycles. The molecule has 2 fully saturated rings. The van der Waals surface area contributed by atoms with E-state index in [9.17, 15) is 20.0 Å². The number of rotatable bonds is 8. The molecule has 7 atom stereocenters. The van der Waals surface area contributed by atoms with E-state index < -0.39 is 52.9 Å². The third kappa shape index (κ3) is 7.65. The Morgan fingerprint density at radius 1 is 0.861 bits per heavy atom. The summed E-state index contributed by atoms with van der Waals surface area (Å²) in [6.45, 7) is 3.77. The summed E-state index contributed by atoms with van der Waals surface area (Å²) in [7, 11) is 5.00. The molecule has 7 aliphatic rings. The van der Waals surface area contributed by atoms with Gasteiger partial charge in [-0.1, -0.05) is 66.7 Å². The number of ether oxygens (including phenoxy) is 7. The SMILES string of the molecule is COc1cc2c(cc1O)CCN[C@]21CS[C@@H]2c3c(OC(=O)C=Cc4ccccc4)c(C)c4c(c3[C@H](COC1=O)N1C2[C@H]2c3c(cc(C)c(OC)c3OC(=O)C=Cc3ccccc3)C[C@@H]([C@@H]1C#N)N2C)OCO4. The lowest BCUT2D eigenvalue weighted by Crippen LogP contribution is -2.69. The third-order valence-electron chi connectivity index (χ3n) is 15.0. The number of esters is 3. The van der Waals surface area contributed by atoms with Crippen molar-refractivity contribution in [1.82, 2.24) is 15.1 Å². The molecule has 7 heterocycles. The first-order chi connectivity index (χ1) is 35.0. The van der Waals surface area contributed by atoms with Crippen LogP contribution >= 0.6 is 11.8 Å². The molecule has 1 unspecified atom stereocenters. The Labute approximate surface area is 420 Å². The number of carbonyl (C=O) groups excluding carboxylic acids is 3. The number of piperazine rings is 1. The van der Waals surface area contributed by atoms with Gasteiger partial charge in [0.25, 0.3) is 0 Å². The number of likely N-dealkylation sites (N-methyl/N-ethyl adjacent to an activating group) is 1. The number of carbonyl (C=O) groups is 3. The molecule has 2 saturated heterocycles. The van der Waals surface area contributed by atoms with Crippen molar-refractivity contribution in [2.45, 2.75) is 67.7 Å². The van der Waals surface area contributed by atoms with E-state index >= 15 is 4.79 Å². The number of nitriles is 1. The minimum Gasteiger partial charge on any atom is -0.504 e. The van der Waals surface area contributed by atoms with Crippen LogP contribution < -0.4 is 33.7 Å². The van der Waals surface area contributed by atoms with E-state index in [4.69, 9.17) is 33.2 Å². The highest BCUT2D eigenvalue weighted by Gasteiger charge is 2.62. The van der Waals surface area contributed by atoms with Crippen LogP contribution in [0, 0.1) is 25.2 Å². The largest absolute Gasteiger partial charge is 0.504 e. The van der Waals surface area contributed by atoms with Crippen LogP contribution in [0.3, 0.4) is 0 Å². The van der Waals surface area contributed by atoms with Crippen molar-refractivity contribution in [2.75, 3.05) is 47.0 Å². The first-order valence-electron chi connectivity index (χ1n) is 23.9.